The van der Waals surface area contributed by atoms with Gasteiger partial charge in [-0.2, -0.15) is 4.98 Å². The molecule has 1 heterocycles. The molecule has 2 rings (SSSR count). The standard InChI is InChI=1S/C11H8ClFN2O2/c1-17-8-9(12)14-10(15-11(8)16)6-3-2-4-7(13)5-6/h2-5H,1H3,(H,14,15,16). The highest BCUT2D eigenvalue weighted by molar-refractivity contribution is 6.31. The summed E-state index contributed by atoms with van der Waals surface area (Å²) in [4.78, 5) is 7.70. The first-order valence-electron chi connectivity index (χ1n) is 4.68. The maximum atomic E-state index is 13.0. The lowest BCUT2D eigenvalue weighted by Gasteiger charge is -2.06. The van der Waals surface area contributed by atoms with E-state index in [9.17, 15) is 9.50 Å². The minimum Gasteiger partial charge on any atom is -0.491 e. The van der Waals surface area contributed by atoms with Crippen LogP contribution in [0.2, 0.25) is 5.15 Å². The van der Waals surface area contributed by atoms with Crippen molar-refractivity contribution in [1.82, 2.24) is 9.97 Å². The topological polar surface area (TPSA) is 55.2 Å². The second kappa shape index (κ2) is 4.55. The van der Waals surface area contributed by atoms with E-state index in [1.54, 1.807) is 6.07 Å². The van der Waals surface area contributed by atoms with Gasteiger partial charge in [0.25, 0.3) is 5.88 Å². The number of aromatic hydroxyl groups is 1. The molecule has 1 aromatic carbocycles. The van der Waals surface area contributed by atoms with Crippen molar-refractivity contribution in [3.05, 3.63) is 35.2 Å². The fraction of sp³-hybridized carbons (Fsp3) is 0.0909. The molecule has 0 amide bonds. The van der Waals surface area contributed by atoms with E-state index >= 15 is 0 Å². The number of ether oxygens (including phenoxy) is 1. The lowest BCUT2D eigenvalue weighted by Crippen LogP contribution is -1.95. The Morgan fingerprint density at radius 1 is 1.35 bits per heavy atom. The molecular formula is C11H8ClFN2O2. The molecule has 4 nitrogen and oxygen atoms in total. The van der Waals surface area contributed by atoms with Gasteiger partial charge in [-0.25, -0.2) is 9.37 Å². The SMILES string of the molecule is COc1c(O)nc(-c2cccc(F)c2)nc1Cl. The molecule has 6 heteroatoms. The average Bonchev–Trinajstić information content (AvgIpc) is 2.28. The van der Waals surface area contributed by atoms with Gasteiger partial charge in [0.1, 0.15) is 5.82 Å². The molecule has 0 spiro atoms. The highest BCUT2D eigenvalue weighted by Gasteiger charge is 2.14. The maximum absolute atomic E-state index is 13.0. The molecule has 0 saturated carbocycles. The Morgan fingerprint density at radius 2 is 2.12 bits per heavy atom. The van der Waals surface area contributed by atoms with Crippen molar-refractivity contribution in [2.75, 3.05) is 7.11 Å². The van der Waals surface area contributed by atoms with Crippen LogP contribution >= 0.6 is 11.6 Å². The van der Waals surface area contributed by atoms with Crippen molar-refractivity contribution < 1.29 is 14.2 Å². The third kappa shape index (κ3) is 2.29. The van der Waals surface area contributed by atoms with Gasteiger partial charge in [-0.05, 0) is 12.1 Å². The summed E-state index contributed by atoms with van der Waals surface area (Å²) in [6.07, 6.45) is 0. The zero-order valence-corrected chi connectivity index (χ0v) is 9.57. The summed E-state index contributed by atoms with van der Waals surface area (Å²) in [5.41, 5.74) is 0.421. The number of rotatable bonds is 2. The van der Waals surface area contributed by atoms with E-state index in [1.807, 2.05) is 0 Å². The average molecular weight is 255 g/mol. The first-order chi connectivity index (χ1) is 8.11. The predicted octanol–water partition coefficient (Wildman–Crippen LogP) is 2.65. The minimum atomic E-state index is -0.419. The second-order valence-corrected chi connectivity index (χ2v) is 3.56. The van der Waals surface area contributed by atoms with Crippen LogP contribution in [-0.4, -0.2) is 22.2 Å². The molecule has 0 unspecified atom stereocenters. The monoisotopic (exact) mass is 254 g/mol. The molecule has 0 aliphatic heterocycles. The molecule has 0 radical (unpaired) electrons. The zero-order valence-electron chi connectivity index (χ0n) is 8.82. The Kier molecular flexibility index (Phi) is 3.10. The number of nitrogens with zero attached hydrogens (tertiary/aromatic N) is 2. The molecule has 1 N–H and O–H groups in total. The van der Waals surface area contributed by atoms with Crippen molar-refractivity contribution in [3.63, 3.8) is 0 Å². The molecule has 0 atom stereocenters. The highest BCUT2D eigenvalue weighted by atomic mass is 35.5. The molecule has 2 aromatic rings. The third-order valence-electron chi connectivity index (χ3n) is 2.09. The quantitative estimate of drug-likeness (QED) is 0.837. The fourth-order valence-corrected chi connectivity index (χ4v) is 1.59. The van der Waals surface area contributed by atoms with Crippen LogP contribution in [0.5, 0.6) is 11.6 Å². The summed E-state index contributed by atoms with van der Waals surface area (Å²) in [5.74, 6) is -0.677. The number of methoxy groups -OCH3 is 1. The van der Waals surface area contributed by atoms with Gasteiger partial charge in [0, 0.05) is 5.56 Å². The molecule has 0 bridgehead atoms. The summed E-state index contributed by atoms with van der Waals surface area (Å²) in [5, 5.41) is 9.52. The van der Waals surface area contributed by atoms with Gasteiger partial charge >= 0.3 is 0 Å². The normalized spacial score (nSPS) is 10.3. The summed E-state index contributed by atoms with van der Waals surface area (Å²) >= 11 is 5.79. The molecule has 0 fully saturated rings. The van der Waals surface area contributed by atoms with Crippen molar-refractivity contribution in [3.8, 4) is 23.0 Å². The minimum absolute atomic E-state index is 0.00757. The van der Waals surface area contributed by atoms with E-state index in [2.05, 4.69) is 9.97 Å². The van der Waals surface area contributed by atoms with Crippen molar-refractivity contribution in [2.45, 2.75) is 0 Å². The largest absolute Gasteiger partial charge is 0.491 e. The molecule has 1 aromatic heterocycles. The molecule has 0 aliphatic rings. The summed E-state index contributed by atoms with van der Waals surface area (Å²) in [6.45, 7) is 0. The Bertz CT molecular complexity index is 540. The molecular weight excluding hydrogens is 247 g/mol. The van der Waals surface area contributed by atoms with Crippen molar-refractivity contribution >= 4 is 11.6 Å². The first kappa shape index (κ1) is 11.6. The Hall–Kier alpha value is -1.88. The Balaban J connectivity index is 2.54. The van der Waals surface area contributed by atoms with Crippen LogP contribution in [0, 0.1) is 5.82 Å². The zero-order chi connectivity index (χ0) is 12.4. The highest BCUT2D eigenvalue weighted by Crippen LogP contribution is 2.32. The first-order valence-corrected chi connectivity index (χ1v) is 5.06. The second-order valence-electron chi connectivity index (χ2n) is 3.21. The van der Waals surface area contributed by atoms with Gasteiger partial charge in [-0.3, -0.25) is 0 Å². The van der Waals surface area contributed by atoms with E-state index in [-0.39, 0.29) is 22.6 Å². The van der Waals surface area contributed by atoms with E-state index in [4.69, 9.17) is 16.3 Å². The van der Waals surface area contributed by atoms with E-state index in [0.29, 0.717) is 5.56 Å². The summed E-state index contributed by atoms with van der Waals surface area (Å²) in [6, 6.07) is 5.68. The van der Waals surface area contributed by atoms with Crippen LogP contribution in [0.1, 0.15) is 0 Å². The van der Waals surface area contributed by atoms with E-state index < -0.39 is 5.82 Å². The van der Waals surface area contributed by atoms with Crippen LogP contribution in [0.15, 0.2) is 24.3 Å². The van der Waals surface area contributed by atoms with Gasteiger partial charge in [0.15, 0.2) is 11.0 Å². The summed E-state index contributed by atoms with van der Waals surface area (Å²) < 4.78 is 17.8. The van der Waals surface area contributed by atoms with Crippen molar-refractivity contribution in [2.24, 2.45) is 0 Å². The molecule has 88 valence electrons. The van der Waals surface area contributed by atoms with Crippen LogP contribution in [-0.2, 0) is 0 Å². The van der Waals surface area contributed by atoms with E-state index in [1.165, 1.54) is 25.3 Å². The van der Waals surface area contributed by atoms with Gasteiger partial charge < -0.3 is 9.84 Å². The lowest BCUT2D eigenvalue weighted by atomic mass is 10.2. The van der Waals surface area contributed by atoms with Gasteiger partial charge in [0.2, 0.25) is 5.75 Å². The van der Waals surface area contributed by atoms with Crippen LogP contribution in [0.4, 0.5) is 4.39 Å². The smallest absolute Gasteiger partial charge is 0.259 e. The van der Waals surface area contributed by atoms with Gasteiger partial charge in [-0.15, -0.1) is 0 Å². The van der Waals surface area contributed by atoms with Gasteiger partial charge in [0.05, 0.1) is 7.11 Å². The third-order valence-corrected chi connectivity index (χ3v) is 2.35. The molecule has 0 aliphatic carbocycles. The predicted molar refractivity (Wildman–Crippen MR) is 60.7 cm³/mol. The number of hydrogen-bond donors (Lipinski definition) is 1. The van der Waals surface area contributed by atoms with Crippen LogP contribution < -0.4 is 4.74 Å². The summed E-state index contributed by atoms with van der Waals surface area (Å²) in [7, 11) is 1.34. The number of aromatic nitrogens is 2. The number of halogens is 2. The fourth-order valence-electron chi connectivity index (χ4n) is 1.34. The van der Waals surface area contributed by atoms with E-state index in [0.717, 1.165) is 0 Å². The number of hydrogen-bond acceptors (Lipinski definition) is 4. The van der Waals surface area contributed by atoms with Crippen molar-refractivity contribution in [1.29, 1.82) is 0 Å². The Morgan fingerprint density at radius 3 is 2.71 bits per heavy atom. The maximum Gasteiger partial charge on any atom is 0.259 e. The number of benzene rings is 1. The molecule has 0 saturated heterocycles. The molecule has 17 heavy (non-hydrogen) atoms. The van der Waals surface area contributed by atoms with Crippen LogP contribution in [0.25, 0.3) is 11.4 Å². The van der Waals surface area contributed by atoms with Gasteiger partial charge in [-0.1, -0.05) is 23.7 Å². The van der Waals surface area contributed by atoms with Crippen LogP contribution in [0.3, 0.4) is 0 Å². The Labute approximate surface area is 102 Å². The lowest BCUT2D eigenvalue weighted by molar-refractivity contribution is 0.361.